The normalized spacial score (nSPS) is 19.9. The predicted octanol–water partition coefficient (Wildman–Crippen LogP) is 2.56. The molecule has 3 aliphatic rings. The first-order valence-electron chi connectivity index (χ1n) is 13.5. The lowest BCUT2D eigenvalue weighted by atomic mass is 10.1. The van der Waals surface area contributed by atoms with Gasteiger partial charge in [-0.2, -0.15) is 0 Å². The van der Waals surface area contributed by atoms with E-state index in [0.717, 1.165) is 81.0 Å². The molecule has 4 heterocycles. The number of nitrogens with two attached hydrogens (primary N) is 1. The Kier molecular flexibility index (Phi) is 14.3. The summed E-state index contributed by atoms with van der Waals surface area (Å²) in [5.41, 5.74) is 7.29. The van der Waals surface area contributed by atoms with Crippen LogP contribution in [0.15, 0.2) is 52.9 Å². The Labute approximate surface area is 243 Å². The number of amides is 1. The maximum atomic E-state index is 10.7. The number of aliphatic imine (C=N–C) groups is 1. The number of carbonyl (C=O) groups excluding carboxylic acids is 1. The van der Waals surface area contributed by atoms with Crippen LogP contribution in [0.3, 0.4) is 0 Å². The topological polar surface area (TPSA) is 149 Å². The second-order valence-electron chi connectivity index (χ2n) is 10.5. The number of allylic oxidation sites excluding steroid dienone is 3. The number of morpholine rings is 1. The van der Waals surface area contributed by atoms with Crippen molar-refractivity contribution < 1.29 is 21.2 Å². The monoisotopic (exact) mass is 577 g/mol. The quantitative estimate of drug-likeness (QED) is 0.385. The van der Waals surface area contributed by atoms with Gasteiger partial charge in [0.1, 0.15) is 12.2 Å². The average molecular weight is 578 g/mol. The Balaban J connectivity index is 0.000000435. The van der Waals surface area contributed by atoms with E-state index >= 15 is 0 Å². The highest BCUT2D eigenvalue weighted by molar-refractivity contribution is 8.03. The zero-order chi connectivity index (χ0) is 29.5. The number of aromatic nitrogens is 2. The summed E-state index contributed by atoms with van der Waals surface area (Å²) >= 11 is 1.55. The molecule has 3 aliphatic heterocycles. The minimum absolute atomic E-state index is 0. The molecule has 1 amide bonds. The number of carbonyl (C=O) groups is 1. The van der Waals surface area contributed by atoms with Gasteiger partial charge in [-0.1, -0.05) is 30.5 Å². The third-order valence-corrected chi connectivity index (χ3v) is 6.61. The van der Waals surface area contributed by atoms with Crippen LogP contribution in [0.2, 0.25) is 0 Å². The van der Waals surface area contributed by atoms with Gasteiger partial charge in [0.05, 0.1) is 47.1 Å². The van der Waals surface area contributed by atoms with Gasteiger partial charge in [-0.25, -0.2) is 15.0 Å². The van der Waals surface area contributed by atoms with Crippen LogP contribution in [-0.4, -0.2) is 98.6 Å². The summed E-state index contributed by atoms with van der Waals surface area (Å²) in [5.74, 6) is 2.26. The van der Waals surface area contributed by atoms with Gasteiger partial charge in [-0.3, -0.25) is 9.69 Å². The van der Waals surface area contributed by atoms with Crippen LogP contribution in [0.25, 0.3) is 0 Å². The molecule has 11 nitrogen and oxygen atoms in total. The molecule has 40 heavy (non-hydrogen) atoms. The van der Waals surface area contributed by atoms with Crippen molar-refractivity contribution in [1.29, 1.82) is 0 Å². The number of ether oxygens (including phenoxy) is 1. The van der Waals surface area contributed by atoms with Gasteiger partial charge < -0.3 is 30.9 Å². The number of hydrogen-bond acceptors (Lipinski definition) is 10. The molecular weight excluding hydrogens is 530 g/mol. The van der Waals surface area contributed by atoms with E-state index in [4.69, 9.17) is 20.7 Å². The second-order valence-corrected chi connectivity index (χ2v) is 11.5. The lowest BCUT2D eigenvalue weighted by Gasteiger charge is -2.28. The van der Waals surface area contributed by atoms with E-state index in [1.54, 1.807) is 56.8 Å². The van der Waals surface area contributed by atoms with Gasteiger partial charge in [0.2, 0.25) is 5.91 Å². The van der Waals surface area contributed by atoms with E-state index in [1.807, 2.05) is 18.2 Å². The lowest BCUT2D eigenvalue weighted by molar-refractivity contribution is -0.130. The van der Waals surface area contributed by atoms with Crippen molar-refractivity contribution in [2.75, 3.05) is 45.1 Å². The smallest absolute Gasteiger partial charge is 0.219 e. The predicted molar refractivity (Wildman–Crippen MR) is 163 cm³/mol. The Bertz CT molecular complexity index is 1040. The van der Waals surface area contributed by atoms with Crippen LogP contribution in [0.1, 0.15) is 47.7 Å². The number of piperidine rings is 1. The van der Waals surface area contributed by atoms with Crippen LogP contribution < -0.4 is 11.1 Å². The summed E-state index contributed by atoms with van der Waals surface area (Å²) in [5, 5.41) is 21.6. The number of nitrogens with one attached hydrogen (secondary N) is 1. The van der Waals surface area contributed by atoms with Crippen molar-refractivity contribution in [3.05, 3.63) is 53.6 Å². The first-order chi connectivity index (χ1) is 18.9. The fourth-order valence-corrected chi connectivity index (χ4v) is 4.37. The second kappa shape index (κ2) is 17.1. The summed E-state index contributed by atoms with van der Waals surface area (Å²) in [6.07, 6.45) is 8.28. The van der Waals surface area contributed by atoms with Crippen molar-refractivity contribution in [2.24, 2.45) is 10.7 Å². The first kappa shape index (κ1) is 33.4. The van der Waals surface area contributed by atoms with Crippen LogP contribution in [0.4, 0.5) is 5.82 Å². The van der Waals surface area contributed by atoms with Crippen LogP contribution in [0.5, 0.6) is 0 Å². The largest absolute Gasteiger partial charge is 0.393 e. The summed E-state index contributed by atoms with van der Waals surface area (Å²) in [6, 6.07) is 1.93. The summed E-state index contributed by atoms with van der Waals surface area (Å²) in [4.78, 5) is 28.1. The van der Waals surface area contributed by atoms with Gasteiger partial charge >= 0.3 is 0 Å². The fourth-order valence-electron chi connectivity index (χ4n) is 3.67. The molecule has 0 unspecified atom stereocenters. The van der Waals surface area contributed by atoms with Gasteiger partial charge in [0.25, 0.3) is 0 Å². The summed E-state index contributed by atoms with van der Waals surface area (Å²) in [7, 11) is 0. The van der Waals surface area contributed by atoms with Crippen LogP contribution in [-0.2, 0) is 16.1 Å². The molecule has 0 atom stereocenters. The van der Waals surface area contributed by atoms with E-state index in [2.05, 4.69) is 31.8 Å². The highest BCUT2D eigenvalue weighted by atomic mass is 32.2. The van der Waals surface area contributed by atoms with Crippen molar-refractivity contribution >= 4 is 29.3 Å². The summed E-state index contributed by atoms with van der Waals surface area (Å²) < 4.78 is 5.38. The molecule has 0 saturated carbocycles. The number of amidine groups is 1. The van der Waals surface area contributed by atoms with Crippen molar-refractivity contribution in [3.8, 4) is 0 Å². The number of hydrogen-bond donors (Lipinski definition) is 4. The zero-order valence-electron chi connectivity index (χ0n) is 24.2. The van der Waals surface area contributed by atoms with E-state index in [0.29, 0.717) is 11.6 Å². The van der Waals surface area contributed by atoms with Gasteiger partial charge in [-0.15, -0.1) is 0 Å². The Morgan fingerprint density at radius 2 is 1.95 bits per heavy atom. The van der Waals surface area contributed by atoms with Gasteiger partial charge in [0, 0.05) is 47.1 Å². The maximum Gasteiger partial charge on any atom is 0.219 e. The zero-order valence-corrected chi connectivity index (χ0v) is 25.0. The Morgan fingerprint density at radius 1 is 1.30 bits per heavy atom. The average Bonchev–Trinajstić information content (AvgIpc) is 2.89. The molecule has 0 aromatic carbocycles. The first-order valence-corrected chi connectivity index (χ1v) is 14.5. The Morgan fingerprint density at radius 3 is 2.55 bits per heavy atom. The molecule has 0 bridgehead atoms. The number of thioether (sulfide) groups is 1. The molecule has 0 spiro atoms. The lowest BCUT2D eigenvalue weighted by Crippen LogP contribution is -2.38. The van der Waals surface area contributed by atoms with Crippen molar-refractivity contribution in [3.63, 3.8) is 0 Å². The van der Waals surface area contributed by atoms with Crippen LogP contribution >= 0.6 is 11.8 Å². The summed E-state index contributed by atoms with van der Waals surface area (Å²) in [6.45, 7) is 16.1. The molecule has 5 N–H and O–H groups in total. The maximum absolute atomic E-state index is 10.7. The van der Waals surface area contributed by atoms with E-state index in [-0.39, 0.29) is 13.4 Å². The minimum atomic E-state index is -0.500. The van der Waals surface area contributed by atoms with Gasteiger partial charge in [-0.05, 0) is 39.7 Å². The number of aliphatic hydroxyl groups is 2. The molecule has 2 saturated heterocycles. The van der Waals surface area contributed by atoms with Crippen LogP contribution in [0, 0.1) is 0 Å². The highest BCUT2D eigenvalue weighted by Crippen LogP contribution is 2.21. The van der Waals surface area contributed by atoms with E-state index < -0.39 is 5.60 Å². The molecule has 4 rings (SSSR count). The fraction of sp³-hybridized carbons (Fsp3) is 0.571. The Hall–Kier alpha value is -2.77. The molecule has 1 aromatic rings. The molecule has 224 valence electrons. The van der Waals surface area contributed by atoms with E-state index in [9.17, 15) is 4.79 Å². The molecule has 1 aromatic heterocycles. The minimum Gasteiger partial charge on any atom is -0.393 e. The third-order valence-electron chi connectivity index (χ3n) is 5.67. The SMILES string of the molecule is C=C/C=C\C1=C(N)SCC(=Nc2cc(CN3CCOCC3)ncn2)N1.CC(=O)N1CCC(O)CC1.CC(C)(C)O.[HH]. The van der Waals surface area contributed by atoms with Gasteiger partial charge in [0.15, 0.2) is 5.82 Å². The molecule has 12 heteroatoms. The number of aliphatic hydroxyl groups excluding tert-OH is 1. The number of nitrogens with zero attached hydrogens (tertiary/aromatic N) is 5. The molecule has 0 aliphatic carbocycles. The third kappa shape index (κ3) is 14.0. The van der Waals surface area contributed by atoms with Crippen molar-refractivity contribution in [2.45, 2.75) is 58.8 Å². The molecular formula is C28H47N7O4S. The van der Waals surface area contributed by atoms with E-state index in [1.165, 1.54) is 0 Å². The number of rotatable bonds is 5. The number of likely N-dealkylation sites (tertiary alicyclic amines) is 1. The van der Waals surface area contributed by atoms with Crippen molar-refractivity contribution in [1.82, 2.24) is 25.1 Å². The standard InChI is InChI=1S/C17H22N6OS.C7H13NO2.C4H10O.H2/c1-2-3-4-14-17(18)25-11-16(21-14)22-15-9-13(19-12-20-15)10-23-5-7-24-8-6-23;1-6(9)8-4-2-7(10)3-5-8;1-4(2,3)5;/h2-4,9,12H,1,5-8,10-11,18H2,(H,19,20,21,22);7,10H,2-5H2,1H3;5H,1-3H3;1H/b4-3-;;;. The molecule has 2 fully saturated rings. The molecule has 0 radical (unpaired) electrons. The highest BCUT2D eigenvalue weighted by Gasteiger charge is 2.18.